The zero-order valence-electron chi connectivity index (χ0n) is 8.92. The van der Waals surface area contributed by atoms with E-state index in [0.29, 0.717) is 0 Å². The molecule has 1 unspecified atom stereocenters. The van der Waals surface area contributed by atoms with Gasteiger partial charge in [-0.3, -0.25) is 0 Å². The van der Waals surface area contributed by atoms with Crippen LogP contribution in [-0.4, -0.2) is 13.6 Å². The summed E-state index contributed by atoms with van der Waals surface area (Å²) in [6.45, 7) is 1.12. The third kappa shape index (κ3) is 1.98. The molecule has 0 radical (unpaired) electrons. The van der Waals surface area contributed by atoms with Crippen LogP contribution in [-0.2, 0) is 6.42 Å². The number of hydrogen-bond acceptors (Lipinski definition) is 1. The van der Waals surface area contributed by atoms with Gasteiger partial charge in [0.05, 0.1) is 0 Å². The van der Waals surface area contributed by atoms with Crippen molar-refractivity contribution in [2.75, 3.05) is 13.6 Å². The molecule has 2 rings (SSSR count). The van der Waals surface area contributed by atoms with E-state index in [4.69, 9.17) is 0 Å². The molecule has 1 aliphatic rings. The van der Waals surface area contributed by atoms with Gasteiger partial charge in [-0.2, -0.15) is 0 Å². The average Bonchev–Trinajstić information content (AvgIpc) is 2.42. The Morgan fingerprint density at radius 1 is 1.29 bits per heavy atom. The third-order valence-electron chi connectivity index (χ3n) is 3.19. The SMILES string of the molecule is CNCC1CCCCc2ccccc21. The molecule has 0 aromatic heterocycles. The van der Waals surface area contributed by atoms with E-state index in [0.717, 1.165) is 12.5 Å². The van der Waals surface area contributed by atoms with Crippen molar-refractivity contribution in [3.05, 3.63) is 35.4 Å². The van der Waals surface area contributed by atoms with Crippen LogP contribution in [0.3, 0.4) is 0 Å². The monoisotopic (exact) mass is 189 g/mol. The lowest BCUT2D eigenvalue weighted by molar-refractivity contribution is 0.565. The molecule has 0 heterocycles. The first kappa shape index (κ1) is 9.72. The van der Waals surface area contributed by atoms with Crippen molar-refractivity contribution in [1.29, 1.82) is 0 Å². The third-order valence-corrected chi connectivity index (χ3v) is 3.19. The molecule has 0 aliphatic heterocycles. The molecule has 0 fully saturated rings. The van der Waals surface area contributed by atoms with Crippen molar-refractivity contribution < 1.29 is 0 Å². The normalized spacial score (nSPS) is 21.4. The first-order valence-electron chi connectivity index (χ1n) is 5.64. The lowest BCUT2D eigenvalue weighted by Gasteiger charge is -2.16. The minimum atomic E-state index is 0.735. The molecule has 0 spiro atoms. The number of aryl methyl sites for hydroxylation is 1. The van der Waals surface area contributed by atoms with Gasteiger partial charge in [-0.05, 0) is 43.4 Å². The summed E-state index contributed by atoms with van der Waals surface area (Å²) in [5.41, 5.74) is 3.16. The number of benzene rings is 1. The topological polar surface area (TPSA) is 12.0 Å². The van der Waals surface area contributed by atoms with E-state index in [-0.39, 0.29) is 0 Å². The summed E-state index contributed by atoms with van der Waals surface area (Å²) >= 11 is 0. The maximum atomic E-state index is 3.31. The smallest absolute Gasteiger partial charge is 0.00172 e. The Hall–Kier alpha value is -0.820. The summed E-state index contributed by atoms with van der Waals surface area (Å²) in [4.78, 5) is 0. The van der Waals surface area contributed by atoms with Crippen LogP contribution in [0.5, 0.6) is 0 Å². The molecule has 1 heteroatoms. The van der Waals surface area contributed by atoms with Crippen LogP contribution >= 0.6 is 0 Å². The molecule has 1 N–H and O–H groups in total. The van der Waals surface area contributed by atoms with E-state index >= 15 is 0 Å². The van der Waals surface area contributed by atoms with Crippen LogP contribution in [0.25, 0.3) is 0 Å². The Bertz CT molecular complexity index is 293. The van der Waals surface area contributed by atoms with Gasteiger partial charge in [0.25, 0.3) is 0 Å². The van der Waals surface area contributed by atoms with Gasteiger partial charge in [-0.25, -0.2) is 0 Å². The van der Waals surface area contributed by atoms with E-state index < -0.39 is 0 Å². The molecule has 1 aromatic carbocycles. The average molecular weight is 189 g/mol. The summed E-state index contributed by atoms with van der Waals surface area (Å²) in [6.07, 6.45) is 5.35. The van der Waals surface area contributed by atoms with Crippen molar-refractivity contribution in [2.45, 2.75) is 31.6 Å². The van der Waals surface area contributed by atoms with Crippen LogP contribution in [0.15, 0.2) is 24.3 Å². The molecule has 76 valence electrons. The Balaban J connectivity index is 2.27. The van der Waals surface area contributed by atoms with Crippen LogP contribution in [0.4, 0.5) is 0 Å². The molecule has 14 heavy (non-hydrogen) atoms. The zero-order valence-corrected chi connectivity index (χ0v) is 8.92. The largest absolute Gasteiger partial charge is 0.319 e. The molecule has 1 aromatic rings. The van der Waals surface area contributed by atoms with Crippen molar-refractivity contribution in [3.8, 4) is 0 Å². The summed E-state index contributed by atoms with van der Waals surface area (Å²) < 4.78 is 0. The molecular weight excluding hydrogens is 170 g/mol. The maximum Gasteiger partial charge on any atom is 0.00172 e. The number of nitrogens with one attached hydrogen (secondary N) is 1. The van der Waals surface area contributed by atoms with Crippen LogP contribution in [0.1, 0.15) is 36.3 Å². The Morgan fingerprint density at radius 2 is 2.14 bits per heavy atom. The van der Waals surface area contributed by atoms with Gasteiger partial charge in [0.1, 0.15) is 0 Å². The lowest BCUT2D eigenvalue weighted by atomic mass is 9.93. The van der Waals surface area contributed by atoms with Crippen molar-refractivity contribution >= 4 is 0 Å². The van der Waals surface area contributed by atoms with E-state index in [2.05, 4.69) is 29.6 Å². The number of hydrogen-bond donors (Lipinski definition) is 1. The zero-order chi connectivity index (χ0) is 9.80. The fourth-order valence-electron chi connectivity index (χ4n) is 2.48. The first-order chi connectivity index (χ1) is 6.92. The van der Waals surface area contributed by atoms with Gasteiger partial charge >= 0.3 is 0 Å². The predicted molar refractivity (Wildman–Crippen MR) is 60.7 cm³/mol. The van der Waals surface area contributed by atoms with Crippen LogP contribution in [0, 0.1) is 0 Å². The maximum absolute atomic E-state index is 3.31. The fraction of sp³-hybridized carbons (Fsp3) is 0.538. The molecule has 0 saturated carbocycles. The highest BCUT2D eigenvalue weighted by molar-refractivity contribution is 5.31. The number of likely N-dealkylation sites (N-methyl/N-ethyl adjacent to an activating group) is 1. The first-order valence-corrected chi connectivity index (χ1v) is 5.64. The minimum Gasteiger partial charge on any atom is -0.319 e. The van der Waals surface area contributed by atoms with Gasteiger partial charge in [-0.1, -0.05) is 30.7 Å². The van der Waals surface area contributed by atoms with E-state index in [1.165, 1.54) is 25.7 Å². The van der Waals surface area contributed by atoms with Crippen molar-refractivity contribution in [2.24, 2.45) is 0 Å². The number of fused-ring (bicyclic) bond motifs is 1. The van der Waals surface area contributed by atoms with E-state index in [1.807, 2.05) is 7.05 Å². The predicted octanol–water partition coefficient (Wildman–Crippen LogP) is 2.72. The van der Waals surface area contributed by atoms with Gasteiger partial charge in [0, 0.05) is 6.54 Å². The second-order valence-corrected chi connectivity index (χ2v) is 4.20. The number of rotatable bonds is 2. The molecular formula is C13H19N. The van der Waals surface area contributed by atoms with Crippen LogP contribution in [0.2, 0.25) is 0 Å². The van der Waals surface area contributed by atoms with Gasteiger partial charge in [0.15, 0.2) is 0 Å². The van der Waals surface area contributed by atoms with Gasteiger partial charge in [-0.15, -0.1) is 0 Å². The highest BCUT2D eigenvalue weighted by Gasteiger charge is 2.16. The molecule has 1 atom stereocenters. The quantitative estimate of drug-likeness (QED) is 0.705. The molecule has 1 aliphatic carbocycles. The lowest BCUT2D eigenvalue weighted by Crippen LogP contribution is -2.17. The van der Waals surface area contributed by atoms with Crippen molar-refractivity contribution in [3.63, 3.8) is 0 Å². The molecule has 0 bridgehead atoms. The molecule has 0 amide bonds. The van der Waals surface area contributed by atoms with E-state index in [1.54, 1.807) is 11.1 Å². The minimum absolute atomic E-state index is 0.735. The summed E-state index contributed by atoms with van der Waals surface area (Å²) in [5, 5.41) is 3.31. The summed E-state index contributed by atoms with van der Waals surface area (Å²) in [6, 6.07) is 8.94. The van der Waals surface area contributed by atoms with Crippen molar-refractivity contribution in [1.82, 2.24) is 5.32 Å². The highest BCUT2D eigenvalue weighted by Crippen LogP contribution is 2.29. The second-order valence-electron chi connectivity index (χ2n) is 4.20. The van der Waals surface area contributed by atoms with Gasteiger partial charge in [0.2, 0.25) is 0 Å². The van der Waals surface area contributed by atoms with Crippen LogP contribution < -0.4 is 5.32 Å². The Labute approximate surface area is 86.5 Å². The Kier molecular flexibility index (Phi) is 3.20. The van der Waals surface area contributed by atoms with Gasteiger partial charge < -0.3 is 5.32 Å². The molecule has 0 saturated heterocycles. The van der Waals surface area contributed by atoms with E-state index in [9.17, 15) is 0 Å². The highest BCUT2D eigenvalue weighted by atomic mass is 14.8. The summed E-state index contributed by atoms with van der Waals surface area (Å²) in [7, 11) is 2.05. The molecule has 1 nitrogen and oxygen atoms in total. The second kappa shape index (κ2) is 4.61. The standard InChI is InChI=1S/C13H19N/c1-14-10-12-8-3-2-6-11-7-4-5-9-13(11)12/h4-5,7,9,12,14H,2-3,6,8,10H2,1H3. The fourth-order valence-corrected chi connectivity index (χ4v) is 2.48. The summed E-state index contributed by atoms with van der Waals surface area (Å²) in [5.74, 6) is 0.735. The Morgan fingerprint density at radius 3 is 3.00 bits per heavy atom.